The highest BCUT2D eigenvalue weighted by molar-refractivity contribution is 14.0. The third kappa shape index (κ3) is 10.7. The molecule has 1 aromatic carbocycles. The Hall–Kier alpha value is -2.08. The molecule has 2 aromatic rings. The first kappa shape index (κ1) is 27.0. The fourth-order valence-electron chi connectivity index (χ4n) is 2.57. The number of hydrogen-bond acceptors (Lipinski definition) is 5. The van der Waals surface area contributed by atoms with Gasteiger partial charge in [-0.25, -0.2) is 4.99 Å². The maximum absolute atomic E-state index is 12.5. The van der Waals surface area contributed by atoms with Crippen LogP contribution in [0.3, 0.4) is 0 Å². The van der Waals surface area contributed by atoms with Crippen LogP contribution < -0.4 is 20.1 Å². The molecule has 0 radical (unpaired) electrons. The molecule has 0 saturated carbocycles. The maximum atomic E-state index is 12.5. The number of ether oxygens (including phenoxy) is 3. The van der Waals surface area contributed by atoms with Gasteiger partial charge in [0.2, 0.25) is 0 Å². The van der Waals surface area contributed by atoms with E-state index in [1.165, 1.54) is 6.07 Å². The number of furan rings is 1. The molecule has 0 fully saturated rings. The van der Waals surface area contributed by atoms with Gasteiger partial charge in [0.15, 0.2) is 17.5 Å². The van der Waals surface area contributed by atoms with Crippen LogP contribution in [0.5, 0.6) is 11.5 Å². The number of guanidine groups is 1. The zero-order chi connectivity index (χ0) is 21.6. The molecule has 0 saturated heterocycles. The molecule has 1 heterocycles. The van der Waals surface area contributed by atoms with Gasteiger partial charge in [0, 0.05) is 19.7 Å². The lowest BCUT2D eigenvalue weighted by molar-refractivity contribution is -0.0514. The largest absolute Gasteiger partial charge is 0.490 e. The predicted octanol–water partition coefficient (Wildman–Crippen LogP) is 4.56. The van der Waals surface area contributed by atoms with Gasteiger partial charge in [-0.1, -0.05) is 6.07 Å². The van der Waals surface area contributed by atoms with Crippen molar-refractivity contribution in [3.05, 3.63) is 47.9 Å². The van der Waals surface area contributed by atoms with E-state index in [-0.39, 0.29) is 35.5 Å². The molecule has 7 nitrogen and oxygen atoms in total. The van der Waals surface area contributed by atoms with Crippen molar-refractivity contribution >= 4 is 29.9 Å². The monoisotopic (exact) mass is 553 g/mol. The quantitative estimate of drug-likeness (QED) is 0.164. The average molecular weight is 553 g/mol. The molecular formula is C21H30F2IN3O4. The molecule has 0 aliphatic carbocycles. The maximum Gasteiger partial charge on any atom is 0.387 e. The Bertz CT molecular complexity index is 761. The normalized spacial score (nSPS) is 11.2. The van der Waals surface area contributed by atoms with E-state index in [9.17, 15) is 8.78 Å². The number of nitrogens with one attached hydrogen (secondary N) is 2. The first-order valence-corrected chi connectivity index (χ1v) is 9.95. The fraction of sp³-hybridized carbons (Fsp3) is 0.476. The Morgan fingerprint density at radius 1 is 1.16 bits per heavy atom. The zero-order valence-electron chi connectivity index (χ0n) is 17.7. The zero-order valence-corrected chi connectivity index (χ0v) is 20.1. The van der Waals surface area contributed by atoms with Crippen molar-refractivity contribution in [3.8, 4) is 11.5 Å². The van der Waals surface area contributed by atoms with Gasteiger partial charge in [0.05, 0.1) is 19.4 Å². The molecule has 31 heavy (non-hydrogen) atoms. The third-order valence-electron chi connectivity index (χ3n) is 3.87. The van der Waals surface area contributed by atoms with E-state index in [0.29, 0.717) is 45.4 Å². The number of rotatable bonds is 13. The van der Waals surface area contributed by atoms with E-state index in [1.54, 1.807) is 25.3 Å². The van der Waals surface area contributed by atoms with Crippen LogP contribution in [0.15, 0.2) is 46.0 Å². The molecule has 2 N–H and O–H groups in total. The highest BCUT2D eigenvalue weighted by atomic mass is 127. The summed E-state index contributed by atoms with van der Waals surface area (Å²) < 4.78 is 45.7. The molecule has 0 atom stereocenters. The molecule has 0 amide bonds. The van der Waals surface area contributed by atoms with E-state index < -0.39 is 6.61 Å². The van der Waals surface area contributed by atoms with Gasteiger partial charge in [0.1, 0.15) is 12.4 Å². The van der Waals surface area contributed by atoms with Crippen LogP contribution in [0, 0.1) is 0 Å². The van der Waals surface area contributed by atoms with Crippen molar-refractivity contribution in [2.24, 2.45) is 4.99 Å². The third-order valence-corrected chi connectivity index (χ3v) is 3.87. The second-order valence-corrected chi connectivity index (χ2v) is 6.20. The van der Waals surface area contributed by atoms with E-state index in [4.69, 9.17) is 13.9 Å². The summed E-state index contributed by atoms with van der Waals surface area (Å²) in [5.74, 6) is 1.75. The van der Waals surface area contributed by atoms with Crippen LogP contribution in [-0.2, 0) is 17.9 Å². The second kappa shape index (κ2) is 15.7. The van der Waals surface area contributed by atoms with E-state index in [1.807, 2.05) is 19.1 Å². The molecule has 0 aliphatic heterocycles. The minimum Gasteiger partial charge on any atom is -0.490 e. The van der Waals surface area contributed by atoms with Gasteiger partial charge in [-0.3, -0.25) is 0 Å². The molecule has 1 aromatic heterocycles. The Labute approximate surface area is 198 Å². The molecule has 0 spiro atoms. The highest BCUT2D eigenvalue weighted by Gasteiger charge is 2.11. The number of nitrogens with zero attached hydrogens (tertiary/aromatic N) is 1. The lowest BCUT2D eigenvalue weighted by atomic mass is 10.2. The summed E-state index contributed by atoms with van der Waals surface area (Å²) in [6, 6.07) is 8.53. The van der Waals surface area contributed by atoms with E-state index >= 15 is 0 Å². The van der Waals surface area contributed by atoms with Crippen LogP contribution in [0.4, 0.5) is 8.78 Å². The minimum absolute atomic E-state index is 0. The number of hydrogen-bond donors (Lipinski definition) is 2. The SMILES string of the molecule is CCNC(=NCc1ccc(OC(F)F)c(OCC)c1)NCCCOCc1ccco1.I. The summed E-state index contributed by atoms with van der Waals surface area (Å²) in [5.41, 5.74) is 0.819. The van der Waals surface area contributed by atoms with Crippen molar-refractivity contribution in [1.82, 2.24) is 10.6 Å². The molecule has 0 aliphatic rings. The number of halogens is 3. The summed E-state index contributed by atoms with van der Waals surface area (Å²) in [5, 5.41) is 6.41. The van der Waals surface area contributed by atoms with Crippen molar-refractivity contribution in [1.29, 1.82) is 0 Å². The Morgan fingerprint density at radius 2 is 2.00 bits per heavy atom. The summed E-state index contributed by atoms with van der Waals surface area (Å²) >= 11 is 0. The van der Waals surface area contributed by atoms with Crippen LogP contribution in [0.2, 0.25) is 0 Å². The van der Waals surface area contributed by atoms with Gasteiger partial charge < -0.3 is 29.3 Å². The van der Waals surface area contributed by atoms with Crippen molar-refractivity contribution in [3.63, 3.8) is 0 Å². The summed E-state index contributed by atoms with van der Waals surface area (Å²) in [6.07, 6.45) is 2.43. The fourth-order valence-corrected chi connectivity index (χ4v) is 2.57. The van der Waals surface area contributed by atoms with Crippen molar-refractivity contribution in [2.45, 2.75) is 40.0 Å². The number of alkyl halides is 2. The van der Waals surface area contributed by atoms with Crippen LogP contribution in [0.25, 0.3) is 0 Å². The van der Waals surface area contributed by atoms with Crippen LogP contribution in [-0.4, -0.2) is 38.9 Å². The number of aliphatic imine (C=N–C) groups is 1. The second-order valence-electron chi connectivity index (χ2n) is 6.20. The lowest BCUT2D eigenvalue weighted by Gasteiger charge is -2.13. The first-order chi connectivity index (χ1) is 14.6. The smallest absolute Gasteiger partial charge is 0.387 e. The highest BCUT2D eigenvalue weighted by Crippen LogP contribution is 2.30. The molecule has 174 valence electrons. The topological polar surface area (TPSA) is 77.3 Å². The molecule has 0 unspecified atom stereocenters. The van der Waals surface area contributed by atoms with E-state index in [2.05, 4.69) is 20.4 Å². The summed E-state index contributed by atoms with van der Waals surface area (Å²) in [6.45, 7) is 4.01. The summed E-state index contributed by atoms with van der Waals surface area (Å²) in [4.78, 5) is 4.53. The average Bonchev–Trinajstić information content (AvgIpc) is 3.23. The van der Waals surface area contributed by atoms with Crippen molar-refractivity contribution < 1.29 is 27.4 Å². The standard InChI is InChI=1S/C21H29F2N3O4.HI/c1-3-24-21(25-10-6-11-27-15-17-7-5-12-29-17)26-14-16-8-9-18(30-20(22)23)19(13-16)28-4-2;/h5,7-9,12-13,20H,3-4,6,10-11,14-15H2,1-2H3,(H2,24,25,26);1H. The molecule has 0 bridgehead atoms. The van der Waals surface area contributed by atoms with Crippen LogP contribution >= 0.6 is 24.0 Å². The Morgan fingerprint density at radius 3 is 2.68 bits per heavy atom. The van der Waals surface area contributed by atoms with Crippen LogP contribution in [0.1, 0.15) is 31.6 Å². The minimum atomic E-state index is -2.90. The molecule has 2 rings (SSSR count). The summed E-state index contributed by atoms with van der Waals surface area (Å²) in [7, 11) is 0. The van der Waals surface area contributed by atoms with Gasteiger partial charge in [-0.2, -0.15) is 8.78 Å². The Kier molecular flexibility index (Phi) is 13.6. The van der Waals surface area contributed by atoms with Gasteiger partial charge >= 0.3 is 6.61 Å². The first-order valence-electron chi connectivity index (χ1n) is 9.95. The van der Waals surface area contributed by atoms with Gasteiger partial charge in [-0.15, -0.1) is 24.0 Å². The predicted molar refractivity (Wildman–Crippen MR) is 125 cm³/mol. The number of benzene rings is 1. The molecular weight excluding hydrogens is 523 g/mol. The van der Waals surface area contributed by atoms with Crippen molar-refractivity contribution in [2.75, 3.05) is 26.3 Å². The Balaban J connectivity index is 0.00000480. The van der Waals surface area contributed by atoms with Gasteiger partial charge in [0.25, 0.3) is 0 Å². The van der Waals surface area contributed by atoms with E-state index in [0.717, 1.165) is 17.7 Å². The van der Waals surface area contributed by atoms with Gasteiger partial charge in [-0.05, 0) is 50.1 Å². The lowest BCUT2D eigenvalue weighted by Crippen LogP contribution is -2.38. The molecule has 10 heteroatoms.